The highest BCUT2D eigenvalue weighted by atomic mass is 16.5. The number of Topliss-reactive ketones (excluding diaryl/α,β-unsaturated/α-hetero) is 1. The summed E-state index contributed by atoms with van der Waals surface area (Å²) in [6.07, 6.45) is 5.33. The fraction of sp³-hybridized carbons (Fsp3) is 0.344. The molecule has 0 bridgehead atoms. The van der Waals surface area contributed by atoms with Crippen LogP contribution in [-0.2, 0) is 21.5 Å². The summed E-state index contributed by atoms with van der Waals surface area (Å²) >= 11 is 0. The first kappa shape index (κ1) is 27.1. The first-order valence-electron chi connectivity index (χ1n) is 13.1. The largest absolute Gasteiger partial charge is 0.507 e. The average Bonchev–Trinajstić information content (AvgIpc) is 3.14. The number of carbonyl (C=O) groups is 2. The lowest BCUT2D eigenvalue weighted by atomic mass is 9.85. The molecule has 198 valence electrons. The van der Waals surface area contributed by atoms with Gasteiger partial charge < -0.3 is 14.7 Å². The van der Waals surface area contributed by atoms with Crippen LogP contribution >= 0.6 is 0 Å². The van der Waals surface area contributed by atoms with E-state index < -0.39 is 17.7 Å². The Labute approximate surface area is 225 Å². The number of unbranched alkanes of at least 4 members (excludes halogenated alkanes) is 1. The van der Waals surface area contributed by atoms with E-state index in [9.17, 15) is 14.7 Å². The van der Waals surface area contributed by atoms with Crippen LogP contribution < -0.4 is 4.74 Å². The zero-order valence-electron chi connectivity index (χ0n) is 22.8. The molecule has 1 aliphatic rings. The molecule has 1 amide bonds. The van der Waals surface area contributed by atoms with Crippen molar-refractivity contribution in [2.75, 3.05) is 6.61 Å². The molecule has 0 aliphatic carbocycles. The Morgan fingerprint density at radius 2 is 1.82 bits per heavy atom. The molecule has 0 spiro atoms. The number of hydrogen-bond donors (Lipinski definition) is 1. The number of nitrogens with zero attached hydrogens (tertiary/aromatic N) is 2. The Bertz CT molecular complexity index is 1340. The number of pyridine rings is 1. The van der Waals surface area contributed by atoms with Crippen molar-refractivity contribution in [3.8, 4) is 5.75 Å². The first-order chi connectivity index (χ1) is 18.1. The molecule has 1 aromatic heterocycles. The van der Waals surface area contributed by atoms with Crippen molar-refractivity contribution in [1.29, 1.82) is 0 Å². The van der Waals surface area contributed by atoms with Crippen LogP contribution in [0.2, 0.25) is 0 Å². The number of aryl methyl sites for hydroxylation is 1. The highest BCUT2D eigenvalue weighted by Gasteiger charge is 2.46. The van der Waals surface area contributed by atoms with E-state index in [1.54, 1.807) is 36.7 Å². The molecule has 0 unspecified atom stereocenters. The summed E-state index contributed by atoms with van der Waals surface area (Å²) in [7, 11) is 0. The van der Waals surface area contributed by atoms with Gasteiger partial charge in [-0.25, -0.2) is 0 Å². The second-order valence-corrected chi connectivity index (χ2v) is 10.8. The van der Waals surface area contributed by atoms with Gasteiger partial charge in [0.1, 0.15) is 11.5 Å². The Morgan fingerprint density at radius 1 is 1.08 bits per heavy atom. The lowest BCUT2D eigenvalue weighted by molar-refractivity contribution is -0.140. The minimum Gasteiger partial charge on any atom is -0.507 e. The van der Waals surface area contributed by atoms with Gasteiger partial charge in [0.2, 0.25) is 0 Å². The number of ketones is 1. The van der Waals surface area contributed by atoms with Crippen LogP contribution in [0, 0.1) is 6.92 Å². The SMILES string of the molecule is CCCCOc1ccc(/C(O)=C2\C(=O)C(=O)N(Cc3cccnc3)[C@H]2c2ccc(C(C)(C)C)cc2)cc1C. The van der Waals surface area contributed by atoms with Crippen LogP contribution in [0.15, 0.2) is 72.6 Å². The zero-order valence-corrected chi connectivity index (χ0v) is 22.8. The third kappa shape index (κ3) is 5.64. The second kappa shape index (κ2) is 11.2. The molecule has 6 nitrogen and oxygen atoms in total. The lowest BCUT2D eigenvalue weighted by Crippen LogP contribution is -2.29. The van der Waals surface area contributed by atoms with Crippen molar-refractivity contribution in [3.63, 3.8) is 0 Å². The number of hydrogen-bond acceptors (Lipinski definition) is 5. The van der Waals surface area contributed by atoms with Crippen LogP contribution in [0.4, 0.5) is 0 Å². The van der Waals surface area contributed by atoms with Gasteiger partial charge >= 0.3 is 0 Å². The smallest absolute Gasteiger partial charge is 0.295 e. The molecule has 1 aliphatic heterocycles. The van der Waals surface area contributed by atoms with E-state index >= 15 is 0 Å². The van der Waals surface area contributed by atoms with Crippen LogP contribution in [0.25, 0.3) is 5.76 Å². The fourth-order valence-electron chi connectivity index (χ4n) is 4.68. The number of benzene rings is 2. The van der Waals surface area contributed by atoms with Gasteiger partial charge in [-0.15, -0.1) is 0 Å². The maximum Gasteiger partial charge on any atom is 0.295 e. The summed E-state index contributed by atoms with van der Waals surface area (Å²) < 4.78 is 5.86. The number of rotatable bonds is 8. The predicted octanol–water partition coefficient (Wildman–Crippen LogP) is 6.49. The summed E-state index contributed by atoms with van der Waals surface area (Å²) in [5.41, 5.74) is 4.06. The van der Waals surface area contributed by atoms with E-state index in [0.29, 0.717) is 12.2 Å². The van der Waals surface area contributed by atoms with E-state index in [4.69, 9.17) is 4.74 Å². The third-order valence-corrected chi connectivity index (χ3v) is 6.91. The van der Waals surface area contributed by atoms with Crippen LogP contribution in [0.1, 0.15) is 74.4 Å². The van der Waals surface area contributed by atoms with Crippen molar-refractivity contribution in [1.82, 2.24) is 9.88 Å². The quantitative estimate of drug-likeness (QED) is 0.162. The lowest BCUT2D eigenvalue weighted by Gasteiger charge is -2.26. The molecule has 4 rings (SSSR count). The summed E-state index contributed by atoms with van der Waals surface area (Å²) in [5, 5.41) is 11.5. The molecule has 1 fully saturated rings. The van der Waals surface area contributed by atoms with Crippen LogP contribution in [0.3, 0.4) is 0 Å². The molecule has 0 radical (unpaired) electrons. The monoisotopic (exact) mass is 512 g/mol. The predicted molar refractivity (Wildman–Crippen MR) is 149 cm³/mol. The third-order valence-electron chi connectivity index (χ3n) is 6.91. The fourth-order valence-corrected chi connectivity index (χ4v) is 4.68. The average molecular weight is 513 g/mol. The molecule has 2 aromatic carbocycles. The van der Waals surface area contributed by atoms with E-state index in [1.165, 1.54) is 4.90 Å². The molecular weight excluding hydrogens is 476 g/mol. The summed E-state index contributed by atoms with van der Waals surface area (Å²) in [5.74, 6) is -0.791. The molecule has 2 heterocycles. The number of aromatic nitrogens is 1. The number of ether oxygens (including phenoxy) is 1. The molecule has 0 saturated carbocycles. The minimum atomic E-state index is -0.731. The molecule has 1 N–H and O–H groups in total. The standard InChI is InChI=1S/C32H36N2O4/c1-6-7-17-38-26-15-12-24(18-21(26)2)29(35)27-28(23-10-13-25(14-11-23)32(3,4)5)34(31(37)30(27)36)20-22-9-8-16-33-19-22/h8-16,18-19,28,35H,6-7,17,20H2,1-5H3/b29-27+/t28-/m0/s1. The van der Waals surface area contributed by atoms with E-state index in [1.807, 2.05) is 37.3 Å². The van der Waals surface area contributed by atoms with Gasteiger partial charge in [0.05, 0.1) is 18.2 Å². The van der Waals surface area contributed by atoms with Gasteiger partial charge in [-0.3, -0.25) is 14.6 Å². The normalized spacial score (nSPS) is 17.2. The molecule has 3 aromatic rings. The van der Waals surface area contributed by atoms with Gasteiger partial charge in [0, 0.05) is 24.5 Å². The second-order valence-electron chi connectivity index (χ2n) is 10.8. The van der Waals surface area contributed by atoms with Crippen LogP contribution in [0.5, 0.6) is 5.75 Å². The van der Waals surface area contributed by atoms with Gasteiger partial charge in [-0.1, -0.05) is 64.4 Å². The highest BCUT2D eigenvalue weighted by Crippen LogP contribution is 2.41. The topological polar surface area (TPSA) is 79.7 Å². The number of amides is 1. The van der Waals surface area contributed by atoms with Gasteiger partial charge in [0.25, 0.3) is 11.7 Å². The maximum absolute atomic E-state index is 13.4. The summed E-state index contributed by atoms with van der Waals surface area (Å²) in [6, 6.07) is 16.2. The number of likely N-dealkylation sites (tertiary alicyclic amines) is 1. The van der Waals surface area contributed by atoms with Gasteiger partial charge in [0.15, 0.2) is 0 Å². The van der Waals surface area contributed by atoms with E-state index in [2.05, 4.69) is 32.7 Å². The van der Waals surface area contributed by atoms with Crippen molar-refractivity contribution >= 4 is 17.4 Å². The molecule has 38 heavy (non-hydrogen) atoms. The molecule has 1 saturated heterocycles. The zero-order chi connectivity index (χ0) is 27.4. The van der Waals surface area contributed by atoms with Crippen molar-refractivity contribution < 1.29 is 19.4 Å². The van der Waals surface area contributed by atoms with E-state index in [-0.39, 0.29) is 23.3 Å². The van der Waals surface area contributed by atoms with E-state index in [0.717, 1.165) is 40.8 Å². The number of aliphatic hydroxyl groups is 1. The molecular formula is C32H36N2O4. The van der Waals surface area contributed by atoms with Crippen molar-refractivity contribution in [3.05, 3.63) is 100 Å². The van der Waals surface area contributed by atoms with Gasteiger partial charge in [-0.2, -0.15) is 0 Å². The summed E-state index contributed by atoms with van der Waals surface area (Å²) in [4.78, 5) is 32.4. The maximum atomic E-state index is 13.4. The Morgan fingerprint density at radius 3 is 2.42 bits per heavy atom. The summed E-state index contributed by atoms with van der Waals surface area (Å²) in [6.45, 7) is 11.2. The van der Waals surface area contributed by atoms with Crippen molar-refractivity contribution in [2.24, 2.45) is 0 Å². The number of carbonyl (C=O) groups excluding carboxylic acids is 2. The highest BCUT2D eigenvalue weighted by molar-refractivity contribution is 6.46. The Balaban J connectivity index is 1.79. The molecule has 1 atom stereocenters. The Hall–Kier alpha value is -3.93. The Kier molecular flexibility index (Phi) is 8.00. The first-order valence-corrected chi connectivity index (χ1v) is 13.1. The minimum absolute atomic E-state index is 0.0471. The molecule has 6 heteroatoms. The van der Waals surface area contributed by atoms with Crippen LogP contribution in [-0.4, -0.2) is 33.3 Å². The number of aliphatic hydroxyl groups excluding tert-OH is 1. The van der Waals surface area contributed by atoms with Crippen molar-refractivity contribution in [2.45, 2.75) is 65.5 Å². The van der Waals surface area contributed by atoms with Gasteiger partial charge in [-0.05, 0) is 65.3 Å².